The molecule has 0 aliphatic heterocycles. The zero-order valence-electron chi connectivity index (χ0n) is 10.3. The van der Waals surface area contributed by atoms with Gasteiger partial charge in [-0.05, 0) is 23.3 Å². The van der Waals surface area contributed by atoms with Gasteiger partial charge in [0.25, 0.3) is 0 Å². The lowest BCUT2D eigenvalue weighted by Crippen LogP contribution is -1.94. The van der Waals surface area contributed by atoms with Crippen molar-refractivity contribution in [2.24, 2.45) is 0 Å². The topological polar surface area (TPSA) is 59.0 Å². The highest BCUT2D eigenvalue weighted by molar-refractivity contribution is 5.86. The minimum absolute atomic E-state index is 0.0190. The average molecular weight is 263 g/mol. The highest BCUT2D eigenvalue weighted by Crippen LogP contribution is 2.23. The molecule has 0 radical (unpaired) electrons. The van der Waals surface area contributed by atoms with Crippen LogP contribution in [-0.4, -0.2) is 20.5 Å². The molecule has 1 aromatic carbocycles. The molecule has 2 heterocycles. The van der Waals surface area contributed by atoms with Crippen molar-refractivity contribution in [3.8, 4) is 11.1 Å². The Kier molecular flexibility index (Phi) is 2.70. The van der Waals surface area contributed by atoms with Crippen molar-refractivity contribution in [1.82, 2.24) is 9.38 Å². The van der Waals surface area contributed by atoms with Crippen LogP contribution in [0.5, 0.6) is 0 Å². The van der Waals surface area contributed by atoms with E-state index in [-0.39, 0.29) is 5.69 Å². The van der Waals surface area contributed by atoms with Gasteiger partial charge in [-0.3, -0.25) is 0 Å². The third-order valence-corrected chi connectivity index (χ3v) is 3.00. The summed E-state index contributed by atoms with van der Waals surface area (Å²) in [5.41, 5.74) is 3.09. The summed E-state index contributed by atoms with van der Waals surface area (Å²) in [5, 5.41) is 8.93. The predicted molar refractivity (Wildman–Crippen MR) is 73.8 cm³/mol. The van der Waals surface area contributed by atoms with E-state index in [4.69, 9.17) is 11.7 Å². The first kappa shape index (κ1) is 11.9. The number of rotatable bonds is 2. The van der Waals surface area contributed by atoms with Gasteiger partial charge in [0.05, 0.1) is 6.57 Å². The van der Waals surface area contributed by atoms with E-state index in [1.54, 1.807) is 22.6 Å². The molecular formula is C15H9N3O2. The molecule has 0 saturated heterocycles. The number of hydrogen-bond donors (Lipinski definition) is 1. The van der Waals surface area contributed by atoms with Crippen molar-refractivity contribution in [1.29, 1.82) is 0 Å². The number of nitrogens with zero attached hydrogens (tertiary/aromatic N) is 3. The summed E-state index contributed by atoms with van der Waals surface area (Å²) in [6, 6.07) is 10.9. The fraction of sp³-hybridized carbons (Fsp3) is 0. The second-order valence-corrected chi connectivity index (χ2v) is 4.27. The molecule has 96 valence electrons. The van der Waals surface area contributed by atoms with Crippen LogP contribution in [0.3, 0.4) is 0 Å². The maximum absolute atomic E-state index is 10.9. The van der Waals surface area contributed by atoms with Gasteiger partial charge in [-0.1, -0.05) is 24.3 Å². The molecule has 0 aliphatic rings. The summed E-state index contributed by atoms with van der Waals surface area (Å²) in [5.74, 6) is -1.04. The molecule has 20 heavy (non-hydrogen) atoms. The van der Waals surface area contributed by atoms with Gasteiger partial charge in [-0.15, -0.1) is 0 Å². The number of benzene rings is 1. The molecule has 0 amide bonds. The van der Waals surface area contributed by atoms with E-state index in [0.717, 1.165) is 11.1 Å². The van der Waals surface area contributed by atoms with Crippen molar-refractivity contribution in [2.45, 2.75) is 0 Å². The number of hydrogen-bond acceptors (Lipinski definition) is 2. The summed E-state index contributed by atoms with van der Waals surface area (Å²) >= 11 is 0. The van der Waals surface area contributed by atoms with Gasteiger partial charge in [0, 0.05) is 12.4 Å². The zero-order valence-corrected chi connectivity index (χ0v) is 10.3. The molecule has 0 saturated carbocycles. The van der Waals surface area contributed by atoms with Crippen molar-refractivity contribution in [3.63, 3.8) is 0 Å². The van der Waals surface area contributed by atoms with Gasteiger partial charge in [0.2, 0.25) is 0 Å². The highest BCUT2D eigenvalue weighted by atomic mass is 16.4. The lowest BCUT2D eigenvalue weighted by molar-refractivity contribution is 0.0691. The fourth-order valence-corrected chi connectivity index (χ4v) is 1.99. The number of pyridine rings is 1. The van der Waals surface area contributed by atoms with Crippen LogP contribution in [0.4, 0.5) is 5.69 Å². The number of carbonyl (C=O) groups is 1. The van der Waals surface area contributed by atoms with Gasteiger partial charge < -0.3 is 9.51 Å². The van der Waals surface area contributed by atoms with E-state index in [9.17, 15) is 4.79 Å². The molecule has 0 fully saturated rings. The number of imidazole rings is 1. The second-order valence-electron chi connectivity index (χ2n) is 4.27. The van der Waals surface area contributed by atoms with Crippen LogP contribution in [0.15, 0.2) is 48.8 Å². The van der Waals surface area contributed by atoms with Gasteiger partial charge in [-0.2, -0.15) is 0 Å². The van der Waals surface area contributed by atoms with Gasteiger partial charge in [0.15, 0.2) is 11.4 Å². The Labute approximate surface area is 114 Å². The van der Waals surface area contributed by atoms with Crippen LogP contribution in [0.25, 0.3) is 21.6 Å². The third kappa shape index (κ3) is 1.99. The average Bonchev–Trinajstić information content (AvgIpc) is 2.90. The number of aromatic carboxylic acids is 1. The van der Waals surface area contributed by atoms with Gasteiger partial charge in [-0.25, -0.2) is 14.6 Å². The smallest absolute Gasteiger partial charge is 0.356 e. The maximum Gasteiger partial charge on any atom is 0.356 e. The summed E-state index contributed by atoms with van der Waals surface area (Å²) in [7, 11) is 0. The van der Waals surface area contributed by atoms with Crippen LogP contribution < -0.4 is 0 Å². The van der Waals surface area contributed by atoms with Crippen LogP contribution in [-0.2, 0) is 0 Å². The Morgan fingerprint density at radius 2 is 1.80 bits per heavy atom. The molecule has 0 aliphatic carbocycles. The fourth-order valence-electron chi connectivity index (χ4n) is 1.99. The van der Waals surface area contributed by atoms with Crippen molar-refractivity contribution >= 4 is 17.3 Å². The monoisotopic (exact) mass is 263 g/mol. The van der Waals surface area contributed by atoms with Crippen molar-refractivity contribution in [2.75, 3.05) is 0 Å². The Bertz CT molecular complexity index is 842. The highest BCUT2D eigenvalue weighted by Gasteiger charge is 2.09. The summed E-state index contributed by atoms with van der Waals surface area (Å²) < 4.78 is 1.68. The molecule has 3 rings (SSSR count). The second kappa shape index (κ2) is 4.52. The normalized spacial score (nSPS) is 10.3. The first-order valence-corrected chi connectivity index (χ1v) is 5.87. The third-order valence-electron chi connectivity index (χ3n) is 3.00. The van der Waals surface area contributed by atoms with Crippen LogP contribution >= 0.6 is 0 Å². The number of fused-ring (bicyclic) bond motifs is 1. The van der Waals surface area contributed by atoms with Crippen molar-refractivity contribution in [3.05, 3.63) is 65.9 Å². The molecule has 0 unspecified atom stereocenters. The molecule has 0 bridgehead atoms. The summed E-state index contributed by atoms with van der Waals surface area (Å²) in [4.78, 5) is 18.2. The maximum atomic E-state index is 10.9. The van der Waals surface area contributed by atoms with E-state index >= 15 is 0 Å². The van der Waals surface area contributed by atoms with E-state index in [1.165, 1.54) is 6.20 Å². The lowest BCUT2D eigenvalue weighted by Gasteiger charge is -2.02. The molecule has 3 aromatic rings. The standard InChI is InChI=1S/C15H9N3O2/c1-16-12-5-2-10(3-6-12)11-4-7-14-17-13(15(19)20)9-18(14)8-11/h2-9H,(H,19,20). The molecule has 0 spiro atoms. The van der Waals surface area contributed by atoms with Crippen LogP contribution in [0.1, 0.15) is 10.5 Å². The predicted octanol–water partition coefficient (Wildman–Crippen LogP) is 3.25. The Morgan fingerprint density at radius 1 is 1.10 bits per heavy atom. The Balaban J connectivity index is 2.07. The first-order chi connectivity index (χ1) is 9.67. The molecule has 2 aromatic heterocycles. The molecular weight excluding hydrogens is 254 g/mol. The molecule has 1 N–H and O–H groups in total. The van der Waals surface area contributed by atoms with Crippen LogP contribution in [0, 0.1) is 6.57 Å². The molecule has 0 atom stereocenters. The minimum Gasteiger partial charge on any atom is -0.476 e. The van der Waals surface area contributed by atoms with Crippen molar-refractivity contribution < 1.29 is 9.90 Å². The van der Waals surface area contributed by atoms with E-state index < -0.39 is 5.97 Å². The van der Waals surface area contributed by atoms with E-state index in [0.29, 0.717) is 11.3 Å². The molecule has 5 nitrogen and oxygen atoms in total. The number of carboxylic acids is 1. The van der Waals surface area contributed by atoms with Gasteiger partial charge >= 0.3 is 5.97 Å². The summed E-state index contributed by atoms with van der Waals surface area (Å²) in [6.45, 7) is 6.93. The van der Waals surface area contributed by atoms with Gasteiger partial charge in [0.1, 0.15) is 5.65 Å². The van der Waals surface area contributed by atoms with E-state index in [1.807, 2.05) is 24.4 Å². The number of aromatic nitrogens is 2. The Hall–Kier alpha value is -3.13. The van der Waals surface area contributed by atoms with Crippen LogP contribution in [0.2, 0.25) is 0 Å². The molecule has 5 heteroatoms. The summed E-state index contributed by atoms with van der Waals surface area (Å²) in [6.07, 6.45) is 3.30. The minimum atomic E-state index is -1.04. The lowest BCUT2D eigenvalue weighted by atomic mass is 10.1. The zero-order chi connectivity index (χ0) is 14.1. The number of carboxylic acid groups (broad SMARTS) is 1. The Morgan fingerprint density at radius 3 is 2.45 bits per heavy atom. The SMILES string of the molecule is [C-]#[N+]c1ccc(-c2ccc3nc(C(=O)O)cn3c2)cc1. The quantitative estimate of drug-likeness (QED) is 0.722. The first-order valence-electron chi connectivity index (χ1n) is 5.87. The largest absolute Gasteiger partial charge is 0.476 e. The van der Waals surface area contributed by atoms with E-state index in [2.05, 4.69) is 9.83 Å².